The average molecular weight is 415 g/mol. The molecule has 2 aromatic heterocycles. The van der Waals surface area contributed by atoms with Crippen molar-refractivity contribution in [1.29, 1.82) is 0 Å². The molecule has 4 rings (SSSR count). The molecule has 1 saturated heterocycles. The Balaban J connectivity index is 1.47. The van der Waals surface area contributed by atoms with Crippen LogP contribution in [0.1, 0.15) is 11.1 Å². The lowest BCUT2D eigenvalue weighted by atomic mass is 10.0. The van der Waals surface area contributed by atoms with Crippen LogP contribution in [0.15, 0.2) is 36.5 Å². The van der Waals surface area contributed by atoms with Gasteiger partial charge in [-0.3, -0.25) is 10.00 Å². The van der Waals surface area contributed by atoms with E-state index in [2.05, 4.69) is 31.1 Å². The predicted molar refractivity (Wildman–Crippen MR) is 111 cm³/mol. The number of halogens is 1. The molecule has 152 valence electrons. The number of nitrogen functional groups attached to an aromatic ring is 1. The van der Waals surface area contributed by atoms with Gasteiger partial charge in [0, 0.05) is 43.9 Å². The van der Waals surface area contributed by atoms with Crippen LogP contribution in [0.25, 0.3) is 11.4 Å². The molecule has 3 N–H and O–H groups in total. The Morgan fingerprint density at radius 1 is 1.17 bits per heavy atom. The van der Waals surface area contributed by atoms with Gasteiger partial charge in [-0.25, -0.2) is 9.97 Å². The Morgan fingerprint density at radius 3 is 2.83 bits per heavy atom. The van der Waals surface area contributed by atoms with Crippen LogP contribution in [0.3, 0.4) is 0 Å². The third-order valence-electron chi connectivity index (χ3n) is 4.80. The summed E-state index contributed by atoms with van der Waals surface area (Å²) in [6, 6.07) is 9.69. The molecule has 3 heterocycles. The monoisotopic (exact) mass is 414 g/mol. The number of anilines is 1. The van der Waals surface area contributed by atoms with E-state index in [0.717, 1.165) is 49.7 Å². The van der Waals surface area contributed by atoms with Crippen molar-refractivity contribution in [3.8, 4) is 17.1 Å². The van der Waals surface area contributed by atoms with Gasteiger partial charge in [0.25, 0.3) is 0 Å². The second kappa shape index (κ2) is 9.21. The van der Waals surface area contributed by atoms with E-state index in [1.807, 2.05) is 24.4 Å². The Kier molecular flexibility index (Phi) is 6.24. The summed E-state index contributed by atoms with van der Waals surface area (Å²) < 4.78 is 11.5. The number of nitrogens with one attached hydrogen (secondary N) is 1. The first-order chi connectivity index (χ1) is 14.2. The highest BCUT2D eigenvalue weighted by Crippen LogP contribution is 2.27. The van der Waals surface area contributed by atoms with Crippen molar-refractivity contribution in [3.05, 3.63) is 52.8 Å². The number of hydrogen-bond donors (Lipinski definition) is 2. The minimum Gasteiger partial charge on any atom is -0.492 e. The number of rotatable bonds is 7. The van der Waals surface area contributed by atoms with Crippen LogP contribution in [0, 0.1) is 0 Å². The fourth-order valence-corrected chi connectivity index (χ4v) is 3.52. The van der Waals surface area contributed by atoms with Gasteiger partial charge in [0.1, 0.15) is 23.2 Å². The van der Waals surface area contributed by atoms with Crippen molar-refractivity contribution in [1.82, 2.24) is 25.1 Å². The minimum absolute atomic E-state index is 0.119. The second-order valence-corrected chi connectivity index (χ2v) is 7.17. The first kappa shape index (κ1) is 19.6. The van der Waals surface area contributed by atoms with Crippen molar-refractivity contribution in [2.75, 3.05) is 45.2 Å². The van der Waals surface area contributed by atoms with E-state index in [9.17, 15) is 0 Å². The number of aromatic amines is 1. The molecular weight excluding hydrogens is 392 g/mol. The molecule has 0 atom stereocenters. The van der Waals surface area contributed by atoms with Crippen molar-refractivity contribution in [2.24, 2.45) is 0 Å². The van der Waals surface area contributed by atoms with Gasteiger partial charge < -0.3 is 15.2 Å². The van der Waals surface area contributed by atoms with E-state index < -0.39 is 0 Å². The summed E-state index contributed by atoms with van der Waals surface area (Å²) in [5.41, 5.74) is 9.07. The molecule has 0 bridgehead atoms. The molecule has 0 aliphatic carbocycles. The van der Waals surface area contributed by atoms with Gasteiger partial charge in [-0.2, -0.15) is 5.10 Å². The highest BCUT2D eigenvalue weighted by atomic mass is 35.5. The van der Waals surface area contributed by atoms with Crippen LogP contribution in [-0.2, 0) is 11.2 Å². The van der Waals surface area contributed by atoms with Crippen molar-refractivity contribution in [2.45, 2.75) is 6.42 Å². The van der Waals surface area contributed by atoms with E-state index in [4.69, 9.17) is 26.8 Å². The van der Waals surface area contributed by atoms with Gasteiger partial charge in [0.05, 0.1) is 18.9 Å². The molecule has 0 radical (unpaired) electrons. The van der Waals surface area contributed by atoms with E-state index in [-0.39, 0.29) is 11.1 Å². The van der Waals surface area contributed by atoms with Gasteiger partial charge in [0.2, 0.25) is 5.95 Å². The number of ether oxygens (including phenoxy) is 2. The van der Waals surface area contributed by atoms with Gasteiger partial charge in [-0.05, 0) is 11.6 Å². The molecule has 0 amide bonds. The lowest BCUT2D eigenvalue weighted by Gasteiger charge is -2.26. The molecule has 9 heteroatoms. The first-order valence-electron chi connectivity index (χ1n) is 9.53. The molecule has 0 saturated carbocycles. The summed E-state index contributed by atoms with van der Waals surface area (Å²) in [7, 11) is 0. The highest BCUT2D eigenvalue weighted by molar-refractivity contribution is 6.29. The van der Waals surface area contributed by atoms with Crippen LogP contribution in [-0.4, -0.2) is 64.5 Å². The summed E-state index contributed by atoms with van der Waals surface area (Å²) in [6.45, 7) is 5.00. The standard InChI is InChI=1S/C20H23ClN6O2/c21-18-12-16(24-20(22)25-18)19-15(13-23-26-19)11-14-3-1-2-4-17(14)29-10-7-27-5-8-28-9-6-27/h1-4,12-13H,5-11H2,(H,23,26)(H2,22,24,25). The van der Waals surface area contributed by atoms with E-state index in [1.54, 1.807) is 6.07 Å². The van der Waals surface area contributed by atoms with Crippen molar-refractivity contribution < 1.29 is 9.47 Å². The second-order valence-electron chi connectivity index (χ2n) is 6.78. The number of H-pyrrole nitrogens is 1. The minimum atomic E-state index is 0.119. The summed E-state index contributed by atoms with van der Waals surface area (Å²) in [5, 5.41) is 7.52. The van der Waals surface area contributed by atoms with Gasteiger partial charge >= 0.3 is 0 Å². The summed E-state index contributed by atoms with van der Waals surface area (Å²) in [6.07, 6.45) is 2.49. The van der Waals surface area contributed by atoms with Crippen molar-refractivity contribution >= 4 is 17.5 Å². The topological polar surface area (TPSA) is 102 Å². The van der Waals surface area contributed by atoms with Crippen LogP contribution in [0.4, 0.5) is 5.95 Å². The number of benzene rings is 1. The normalized spacial score (nSPS) is 14.8. The number of para-hydroxylation sites is 1. The van der Waals surface area contributed by atoms with Crippen LogP contribution < -0.4 is 10.5 Å². The fraction of sp³-hybridized carbons (Fsp3) is 0.350. The van der Waals surface area contributed by atoms with Gasteiger partial charge in [-0.1, -0.05) is 29.8 Å². The largest absolute Gasteiger partial charge is 0.492 e. The zero-order valence-electron chi connectivity index (χ0n) is 16.0. The van der Waals surface area contributed by atoms with E-state index in [1.165, 1.54) is 0 Å². The number of aromatic nitrogens is 4. The van der Waals surface area contributed by atoms with Gasteiger partial charge in [-0.15, -0.1) is 0 Å². The third kappa shape index (κ3) is 5.03. The molecule has 1 fully saturated rings. The maximum atomic E-state index is 6.09. The molecular formula is C20H23ClN6O2. The molecule has 3 aromatic rings. The molecule has 0 unspecified atom stereocenters. The lowest BCUT2D eigenvalue weighted by molar-refractivity contribution is 0.0322. The number of hydrogen-bond acceptors (Lipinski definition) is 7. The number of morpholine rings is 1. The Labute approximate surface area is 174 Å². The molecule has 29 heavy (non-hydrogen) atoms. The molecule has 1 aromatic carbocycles. The number of nitrogens with zero attached hydrogens (tertiary/aromatic N) is 4. The van der Waals surface area contributed by atoms with Crippen LogP contribution in [0.5, 0.6) is 5.75 Å². The maximum absolute atomic E-state index is 6.09. The van der Waals surface area contributed by atoms with E-state index >= 15 is 0 Å². The Bertz CT molecular complexity index is 937. The highest BCUT2D eigenvalue weighted by Gasteiger charge is 2.15. The average Bonchev–Trinajstić information content (AvgIpc) is 3.18. The lowest BCUT2D eigenvalue weighted by Crippen LogP contribution is -2.38. The molecule has 1 aliphatic rings. The zero-order valence-corrected chi connectivity index (χ0v) is 16.7. The summed E-state index contributed by atoms with van der Waals surface area (Å²) in [4.78, 5) is 10.5. The van der Waals surface area contributed by atoms with Crippen LogP contribution in [0.2, 0.25) is 5.15 Å². The SMILES string of the molecule is Nc1nc(Cl)cc(-c2n[nH]cc2Cc2ccccc2OCCN2CCOCC2)n1. The number of nitrogens with two attached hydrogens (primary N) is 1. The first-order valence-corrected chi connectivity index (χ1v) is 9.91. The zero-order chi connectivity index (χ0) is 20.1. The Morgan fingerprint density at radius 2 is 2.00 bits per heavy atom. The summed E-state index contributed by atoms with van der Waals surface area (Å²) >= 11 is 6.03. The quantitative estimate of drug-likeness (QED) is 0.572. The van der Waals surface area contributed by atoms with Crippen molar-refractivity contribution in [3.63, 3.8) is 0 Å². The van der Waals surface area contributed by atoms with E-state index in [0.29, 0.717) is 24.4 Å². The summed E-state index contributed by atoms with van der Waals surface area (Å²) in [5.74, 6) is 0.987. The Hall–Kier alpha value is -2.68. The molecule has 8 nitrogen and oxygen atoms in total. The smallest absolute Gasteiger partial charge is 0.222 e. The molecule has 0 spiro atoms. The fourth-order valence-electron chi connectivity index (χ4n) is 3.33. The maximum Gasteiger partial charge on any atom is 0.222 e. The third-order valence-corrected chi connectivity index (χ3v) is 4.99. The van der Waals surface area contributed by atoms with Gasteiger partial charge in [0.15, 0.2) is 0 Å². The molecule has 1 aliphatic heterocycles. The predicted octanol–water partition coefficient (Wildman–Crippen LogP) is 2.40. The van der Waals surface area contributed by atoms with Crippen LogP contribution >= 0.6 is 11.6 Å².